The van der Waals surface area contributed by atoms with Gasteiger partial charge in [-0.2, -0.15) is 0 Å². The lowest BCUT2D eigenvalue weighted by atomic mass is 10.0. The quantitative estimate of drug-likeness (QED) is 0.0367. The van der Waals surface area contributed by atoms with Gasteiger partial charge in [-0.25, -0.2) is 0 Å². The fourth-order valence-corrected chi connectivity index (χ4v) is 7.78. The molecule has 1 amide bonds. The predicted octanol–water partition coefficient (Wildman–Crippen LogP) is 14.4. The smallest absolute Gasteiger partial charge is 0.249 e. The normalized spacial score (nSPS) is 13.5. The number of rotatable bonds is 45. The second-order valence-electron chi connectivity index (χ2n) is 17.0. The van der Waals surface area contributed by atoms with Crippen LogP contribution in [0.4, 0.5) is 0 Å². The van der Waals surface area contributed by atoms with Crippen molar-refractivity contribution in [3.63, 3.8) is 0 Å². The van der Waals surface area contributed by atoms with Crippen molar-refractivity contribution in [1.82, 2.24) is 5.32 Å². The summed E-state index contributed by atoms with van der Waals surface area (Å²) < 4.78 is 0. The number of carbonyl (C=O) groups excluding carboxylic acids is 1. The van der Waals surface area contributed by atoms with Gasteiger partial charge in [0.15, 0.2) is 0 Å². The molecule has 3 unspecified atom stereocenters. The lowest BCUT2D eigenvalue weighted by Gasteiger charge is -2.23. The highest BCUT2D eigenvalue weighted by molar-refractivity contribution is 5.80. The van der Waals surface area contributed by atoms with Crippen LogP contribution in [-0.2, 0) is 4.79 Å². The highest BCUT2D eigenvalue weighted by Gasteiger charge is 2.23. The van der Waals surface area contributed by atoms with E-state index in [2.05, 4.69) is 31.3 Å². The molecule has 4 N–H and O–H groups in total. The van der Waals surface area contributed by atoms with Crippen LogP contribution >= 0.6 is 0 Å². The van der Waals surface area contributed by atoms with E-state index < -0.39 is 24.2 Å². The van der Waals surface area contributed by atoms with Crippen LogP contribution in [0.2, 0.25) is 0 Å². The molecule has 5 nitrogen and oxygen atoms in total. The number of aliphatic hydroxyl groups is 3. The van der Waals surface area contributed by atoms with Crippen LogP contribution in [-0.4, -0.2) is 46.1 Å². The molecular weight excluding hydrogens is 667 g/mol. The Morgan fingerprint density at radius 2 is 0.704 bits per heavy atom. The van der Waals surface area contributed by atoms with E-state index in [4.69, 9.17) is 0 Å². The molecule has 0 aromatic carbocycles. The van der Waals surface area contributed by atoms with Gasteiger partial charge in [0.2, 0.25) is 5.91 Å². The first-order valence-electron chi connectivity index (χ1n) is 24.5. The van der Waals surface area contributed by atoms with Crippen molar-refractivity contribution in [2.24, 2.45) is 0 Å². The monoisotopic (exact) mass is 764 g/mol. The Balaban J connectivity index is 3.58. The van der Waals surface area contributed by atoms with Crippen LogP contribution in [0.25, 0.3) is 0 Å². The molecule has 322 valence electrons. The SMILES string of the molecule is CCCCCCCCCCC/C=C\CCCCCCCCC(O)C(=O)NC(CO)C(O)CCCCCCCCCCCCCCCCCCCCCCC. The van der Waals surface area contributed by atoms with E-state index in [1.54, 1.807) is 0 Å². The first kappa shape index (κ1) is 53.1. The Labute approximate surface area is 338 Å². The third-order valence-electron chi connectivity index (χ3n) is 11.6. The molecule has 0 fully saturated rings. The summed E-state index contributed by atoms with van der Waals surface area (Å²) in [6, 6.07) is -0.712. The van der Waals surface area contributed by atoms with Crippen LogP contribution in [0.3, 0.4) is 0 Å². The molecule has 3 atom stereocenters. The average molecular weight is 764 g/mol. The largest absolute Gasteiger partial charge is 0.394 e. The molecule has 0 saturated carbocycles. The van der Waals surface area contributed by atoms with E-state index in [1.165, 1.54) is 212 Å². The molecule has 0 aromatic rings. The van der Waals surface area contributed by atoms with E-state index in [0.29, 0.717) is 12.8 Å². The Hall–Kier alpha value is -0.910. The number of nitrogens with one attached hydrogen (secondary N) is 1. The van der Waals surface area contributed by atoms with Gasteiger partial charge in [0.1, 0.15) is 6.10 Å². The second kappa shape index (κ2) is 44.8. The third kappa shape index (κ3) is 39.3. The van der Waals surface area contributed by atoms with Gasteiger partial charge in [0.25, 0.3) is 0 Å². The van der Waals surface area contributed by atoms with Crippen molar-refractivity contribution in [3.05, 3.63) is 12.2 Å². The molecule has 0 spiro atoms. The minimum atomic E-state index is -1.08. The third-order valence-corrected chi connectivity index (χ3v) is 11.6. The number of carbonyl (C=O) groups is 1. The van der Waals surface area contributed by atoms with E-state index in [0.717, 1.165) is 32.1 Å². The van der Waals surface area contributed by atoms with Crippen molar-refractivity contribution in [2.45, 2.75) is 289 Å². The molecule has 0 bridgehead atoms. The lowest BCUT2D eigenvalue weighted by molar-refractivity contribution is -0.131. The summed E-state index contributed by atoms with van der Waals surface area (Å²) in [6.07, 6.45) is 53.7. The van der Waals surface area contributed by atoms with E-state index in [9.17, 15) is 20.1 Å². The van der Waals surface area contributed by atoms with Gasteiger partial charge in [0.05, 0.1) is 18.8 Å². The minimum Gasteiger partial charge on any atom is -0.394 e. The topological polar surface area (TPSA) is 89.8 Å². The zero-order valence-electron chi connectivity index (χ0n) is 36.6. The summed E-state index contributed by atoms with van der Waals surface area (Å²) in [4.78, 5) is 12.5. The molecule has 0 aliphatic heterocycles. The zero-order valence-corrected chi connectivity index (χ0v) is 36.6. The van der Waals surface area contributed by atoms with E-state index in [-0.39, 0.29) is 6.61 Å². The maximum atomic E-state index is 12.5. The van der Waals surface area contributed by atoms with Crippen LogP contribution in [0.1, 0.15) is 271 Å². The first-order valence-corrected chi connectivity index (χ1v) is 24.5. The number of aliphatic hydroxyl groups excluding tert-OH is 3. The van der Waals surface area contributed by atoms with Gasteiger partial charge >= 0.3 is 0 Å². The maximum Gasteiger partial charge on any atom is 0.249 e. The molecule has 0 rings (SSSR count). The highest BCUT2D eigenvalue weighted by atomic mass is 16.3. The van der Waals surface area contributed by atoms with Crippen molar-refractivity contribution in [1.29, 1.82) is 0 Å². The fraction of sp³-hybridized carbons (Fsp3) is 0.939. The van der Waals surface area contributed by atoms with Crippen LogP contribution in [0.15, 0.2) is 12.2 Å². The first-order chi connectivity index (χ1) is 26.6. The summed E-state index contributed by atoms with van der Waals surface area (Å²) in [7, 11) is 0. The van der Waals surface area contributed by atoms with Gasteiger partial charge < -0.3 is 20.6 Å². The zero-order chi connectivity index (χ0) is 39.4. The molecule has 5 heteroatoms. The van der Waals surface area contributed by atoms with Crippen molar-refractivity contribution < 1.29 is 20.1 Å². The van der Waals surface area contributed by atoms with Crippen LogP contribution in [0, 0.1) is 0 Å². The Morgan fingerprint density at radius 1 is 0.426 bits per heavy atom. The number of hydrogen-bond donors (Lipinski definition) is 4. The van der Waals surface area contributed by atoms with Gasteiger partial charge in [-0.3, -0.25) is 4.79 Å². The fourth-order valence-electron chi connectivity index (χ4n) is 7.78. The van der Waals surface area contributed by atoms with Gasteiger partial charge in [-0.1, -0.05) is 244 Å². The molecule has 0 aromatic heterocycles. The lowest BCUT2D eigenvalue weighted by Crippen LogP contribution is -2.49. The highest BCUT2D eigenvalue weighted by Crippen LogP contribution is 2.17. The standard InChI is InChI=1S/C49H97NO4/c1-3-5-7-9-11-13-15-17-19-21-23-24-26-27-29-31-33-35-37-39-41-43-47(52)46(45-51)50-49(54)48(53)44-42-40-38-36-34-32-30-28-25-22-20-18-16-14-12-10-8-6-4-2/h25,28,46-48,51-53H,3-24,26-27,29-45H2,1-2H3,(H,50,54)/b28-25-. The maximum absolute atomic E-state index is 12.5. The van der Waals surface area contributed by atoms with Gasteiger partial charge in [-0.15, -0.1) is 0 Å². The summed E-state index contributed by atoms with van der Waals surface area (Å²) in [5, 5.41) is 33.4. The molecule has 0 aliphatic carbocycles. The Kier molecular flexibility index (Phi) is 44.0. The molecule has 0 saturated heterocycles. The van der Waals surface area contributed by atoms with Crippen molar-refractivity contribution >= 4 is 5.91 Å². The molecular formula is C49H97NO4. The minimum absolute atomic E-state index is 0.312. The number of allylic oxidation sites excluding steroid dienone is 2. The van der Waals surface area contributed by atoms with Crippen molar-refractivity contribution in [3.8, 4) is 0 Å². The van der Waals surface area contributed by atoms with Crippen LogP contribution < -0.4 is 5.32 Å². The summed E-state index contributed by atoms with van der Waals surface area (Å²) in [5.74, 6) is -0.471. The van der Waals surface area contributed by atoms with E-state index in [1.807, 2.05) is 0 Å². The van der Waals surface area contributed by atoms with Crippen molar-refractivity contribution in [2.75, 3.05) is 6.61 Å². The summed E-state index contributed by atoms with van der Waals surface area (Å²) in [6.45, 7) is 4.25. The average Bonchev–Trinajstić information content (AvgIpc) is 3.18. The number of hydrogen-bond acceptors (Lipinski definition) is 4. The number of amides is 1. The van der Waals surface area contributed by atoms with Gasteiger partial charge in [-0.05, 0) is 38.5 Å². The second-order valence-corrected chi connectivity index (χ2v) is 17.0. The molecule has 54 heavy (non-hydrogen) atoms. The summed E-state index contributed by atoms with van der Waals surface area (Å²) >= 11 is 0. The van der Waals surface area contributed by atoms with E-state index >= 15 is 0 Å². The Bertz CT molecular complexity index is 758. The molecule has 0 heterocycles. The van der Waals surface area contributed by atoms with Gasteiger partial charge in [0, 0.05) is 0 Å². The summed E-state index contributed by atoms with van der Waals surface area (Å²) in [5.41, 5.74) is 0. The Morgan fingerprint density at radius 3 is 1.02 bits per heavy atom. The van der Waals surface area contributed by atoms with Crippen LogP contribution in [0.5, 0.6) is 0 Å². The molecule has 0 aliphatic rings. The predicted molar refractivity (Wildman–Crippen MR) is 236 cm³/mol. The number of unbranched alkanes of at least 4 members (excludes halogenated alkanes) is 35. The molecule has 0 radical (unpaired) electrons.